The fourth-order valence-corrected chi connectivity index (χ4v) is 9.83. The molecule has 2 aliphatic rings. The number of imide groups is 1. The standard InChI is InChI=1S/C43H53N13O8S2/c1-23-36(58)51-33(17-27-19-46-22-49-27)40(62)52-31(15-25-9-4-3-5-10-25)38(60)50-30(13-8-14-47-42(44)45)37(59)53-32(16-26-18-48-29-12-7-6-11-28(26)29)39(61)54-34(24(2)57)20-65-66-21-35-41(63)56(23)43(64)55-35/h3-7,9-12,18-19,22-23,30-35,48H,8,13-17,20-21H2,1-2H3,(H,46,49)(H,50,60)(H,51,58)(H,52,62)(H,53,59)(H,54,61)(H,55,64)(H4,44,45,47)/t23-,30+,31-,32+,33+,34+,35+/m1/s1. The van der Waals surface area contributed by atoms with Gasteiger partial charge < -0.3 is 52.9 Å². The Labute approximate surface area is 387 Å². The average molecular weight is 944 g/mol. The highest BCUT2D eigenvalue weighted by atomic mass is 33.1. The van der Waals surface area contributed by atoms with Gasteiger partial charge in [-0.1, -0.05) is 70.1 Å². The molecule has 2 aliphatic heterocycles. The number of amides is 8. The molecule has 2 fully saturated rings. The number of nitrogens with two attached hydrogens (primary N) is 1. The van der Waals surface area contributed by atoms with Crippen LogP contribution in [-0.2, 0) is 52.8 Å². The summed E-state index contributed by atoms with van der Waals surface area (Å²) in [7, 11) is 2.34. The van der Waals surface area contributed by atoms with Crippen LogP contribution < -0.4 is 43.0 Å². The molecule has 2 bridgehead atoms. The van der Waals surface area contributed by atoms with Gasteiger partial charge in [0, 0.05) is 66.3 Å². The minimum atomic E-state index is -1.37. The van der Waals surface area contributed by atoms with Crippen LogP contribution in [0.25, 0.3) is 10.9 Å². The Morgan fingerprint density at radius 1 is 0.773 bits per heavy atom. The average Bonchev–Trinajstić information content (AvgIpc) is 4.03. The number of H-pyrrole nitrogens is 2. The van der Waals surface area contributed by atoms with Gasteiger partial charge in [0.15, 0.2) is 11.7 Å². The number of aromatic amines is 2. The molecule has 8 amide bonds. The number of Topliss-reactive ketones (excluding diaryl/α,β-unsaturated/α-hetero) is 1. The van der Waals surface area contributed by atoms with E-state index in [1.165, 1.54) is 48.0 Å². The fraction of sp³-hybridized carbons (Fsp3) is 0.395. The number of urea groups is 1. The van der Waals surface area contributed by atoms with Crippen LogP contribution in [0.3, 0.4) is 0 Å². The number of ketones is 1. The highest BCUT2D eigenvalue weighted by molar-refractivity contribution is 8.76. The zero-order chi connectivity index (χ0) is 47.3. The van der Waals surface area contributed by atoms with Crippen molar-refractivity contribution >= 4 is 85.7 Å². The van der Waals surface area contributed by atoms with E-state index in [1.54, 1.807) is 36.5 Å². The van der Waals surface area contributed by atoms with Gasteiger partial charge >= 0.3 is 6.03 Å². The summed E-state index contributed by atoms with van der Waals surface area (Å²) in [6.07, 6.45) is 4.58. The monoisotopic (exact) mass is 943 g/mol. The number of benzene rings is 2. The molecule has 6 rings (SSSR count). The van der Waals surface area contributed by atoms with Crippen molar-refractivity contribution in [2.45, 2.75) is 88.2 Å². The quantitative estimate of drug-likeness (QED) is 0.0308. The largest absolute Gasteiger partial charge is 0.370 e. The lowest BCUT2D eigenvalue weighted by molar-refractivity contribution is -0.137. The molecule has 0 aliphatic carbocycles. The third-order valence-electron chi connectivity index (χ3n) is 11.1. The minimum Gasteiger partial charge on any atom is -0.370 e. The summed E-state index contributed by atoms with van der Waals surface area (Å²) >= 11 is 0. The van der Waals surface area contributed by atoms with E-state index in [1.807, 2.05) is 24.3 Å². The van der Waals surface area contributed by atoms with E-state index in [4.69, 9.17) is 11.1 Å². The van der Waals surface area contributed by atoms with Crippen molar-refractivity contribution in [3.8, 4) is 0 Å². The van der Waals surface area contributed by atoms with Gasteiger partial charge in [0.1, 0.15) is 36.3 Å². The number of hydrogen-bond donors (Lipinski definition) is 11. The van der Waals surface area contributed by atoms with E-state index in [0.717, 1.165) is 15.8 Å². The number of carbonyl (C=O) groups excluding carboxylic acids is 8. The Hall–Kier alpha value is -6.88. The van der Waals surface area contributed by atoms with Crippen molar-refractivity contribution in [3.05, 3.63) is 90.1 Å². The Kier molecular flexibility index (Phi) is 16.8. The minimum absolute atomic E-state index is 0.00456. The maximum Gasteiger partial charge on any atom is 0.325 e. The molecular formula is C43H53N13O8S2. The first-order chi connectivity index (χ1) is 31.7. The summed E-state index contributed by atoms with van der Waals surface area (Å²) in [5.74, 6) is -5.09. The van der Waals surface area contributed by atoms with Crippen molar-refractivity contribution in [2.24, 2.45) is 5.73 Å². The number of para-hydroxylation sites is 1. The van der Waals surface area contributed by atoms with Crippen LogP contribution in [0, 0.1) is 5.41 Å². The van der Waals surface area contributed by atoms with Crippen LogP contribution in [0.5, 0.6) is 0 Å². The Balaban J connectivity index is 1.36. The molecule has 2 aromatic carbocycles. The first-order valence-electron chi connectivity index (χ1n) is 21.2. The molecule has 2 saturated heterocycles. The molecule has 2 aromatic heterocycles. The molecule has 4 aromatic rings. The highest BCUT2D eigenvalue weighted by Crippen LogP contribution is 2.26. The van der Waals surface area contributed by atoms with E-state index < -0.39 is 83.8 Å². The number of nitrogens with zero attached hydrogens (tertiary/aromatic N) is 2. The van der Waals surface area contributed by atoms with Gasteiger partial charge in [0.25, 0.3) is 5.91 Å². The maximum atomic E-state index is 14.5. The Morgan fingerprint density at radius 2 is 1.39 bits per heavy atom. The topological polar surface area (TPSA) is 318 Å². The summed E-state index contributed by atoms with van der Waals surface area (Å²) in [6, 6.07) is 6.68. The summed E-state index contributed by atoms with van der Waals surface area (Å²) in [5.41, 5.74) is 8.08. The molecule has 0 spiro atoms. The number of rotatable bonds is 11. The van der Waals surface area contributed by atoms with Crippen LogP contribution in [0.15, 0.2) is 73.3 Å². The van der Waals surface area contributed by atoms with Crippen LogP contribution >= 0.6 is 21.6 Å². The molecule has 7 atom stereocenters. The summed E-state index contributed by atoms with van der Waals surface area (Å²) < 4.78 is 0. The van der Waals surface area contributed by atoms with Gasteiger partial charge in [0.05, 0.1) is 12.4 Å². The lowest BCUT2D eigenvalue weighted by Gasteiger charge is -2.28. The molecular weight excluding hydrogens is 891 g/mol. The lowest BCUT2D eigenvalue weighted by atomic mass is 10.0. The summed E-state index contributed by atoms with van der Waals surface area (Å²) in [6.45, 7) is 2.82. The number of fused-ring (bicyclic) bond motifs is 3. The molecule has 12 N–H and O–H groups in total. The van der Waals surface area contributed by atoms with Gasteiger partial charge in [0.2, 0.25) is 29.5 Å². The number of nitrogens with one attached hydrogen (secondary N) is 10. The van der Waals surface area contributed by atoms with Crippen LogP contribution in [0.1, 0.15) is 43.5 Å². The van der Waals surface area contributed by atoms with E-state index in [9.17, 15) is 38.4 Å². The molecule has 350 valence electrons. The van der Waals surface area contributed by atoms with Crippen LogP contribution in [-0.4, -0.2) is 133 Å². The lowest BCUT2D eigenvalue weighted by Crippen LogP contribution is -2.60. The molecule has 0 unspecified atom stereocenters. The second-order valence-electron chi connectivity index (χ2n) is 15.9. The first kappa shape index (κ1) is 48.6. The molecule has 0 radical (unpaired) electrons. The Morgan fingerprint density at radius 3 is 2.09 bits per heavy atom. The number of carbonyl (C=O) groups is 8. The SMILES string of the molecule is CC(=O)[C@@H]1CSSC[C@@H]2NC(=O)N(C2=O)[C@H](C)C(=O)N[C@@H](Cc2cnc[nH]2)C(=O)N[C@H](Cc2ccccc2)C(=O)N[C@@H](CCCNC(=N)N)C(=O)N[C@@H](Cc2c[nH]c3ccccc23)C(=O)N1. The third kappa shape index (κ3) is 12.9. The van der Waals surface area contributed by atoms with Crippen LogP contribution in [0.2, 0.25) is 0 Å². The molecule has 4 heterocycles. The zero-order valence-electron chi connectivity index (χ0n) is 36.2. The zero-order valence-corrected chi connectivity index (χ0v) is 37.8. The Bertz CT molecular complexity index is 2420. The van der Waals surface area contributed by atoms with E-state index in [0.29, 0.717) is 16.8 Å². The second-order valence-corrected chi connectivity index (χ2v) is 18.4. The predicted molar refractivity (Wildman–Crippen MR) is 247 cm³/mol. The summed E-state index contributed by atoms with van der Waals surface area (Å²) in [4.78, 5) is 122. The fourth-order valence-electron chi connectivity index (χ4n) is 7.43. The van der Waals surface area contributed by atoms with Crippen molar-refractivity contribution in [2.75, 3.05) is 18.1 Å². The van der Waals surface area contributed by atoms with Gasteiger partial charge in [-0.3, -0.25) is 43.9 Å². The molecule has 21 nitrogen and oxygen atoms in total. The van der Waals surface area contributed by atoms with E-state index >= 15 is 0 Å². The van der Waals surface area contributed by atoms with Gasteiger partial charge in [-0.15, -0.1) is 0 Å². The van der Waals surface area contributed by atoms with Gasteiger partial charge in [-0.25, -0.2) is 9.78 Å². The molecule has 66 heavy (non-hydrogen) atoms. The number of guanidine groups is 1. The highest BCUT2D eigenvalue weighted by Gasteiger charge is 2.44. The smallest absolute Gasteiger partial charge is 0.325 e. The van der Waals surface area contributed by atoms with Crippen molar-refractivity contribution in [1.29, 1.82) is 5.41 Å². The van der Waals surface area contributed by atoms with Crippen LogP contribution in [0.4, 0.5) is 4.79 Å². The molecule has 0 saturated carbocycles. The first-order valence-corrected chi connectivity index (χ1v) is 23.7. The second kappa shape index (κ2) is 22.8. The van der Waals surface area contributed by atoms with Gasteiger partial charge in [-0.05, 0) is 43.9 Å². The van der Waals surface area contributed by atoms with E-state index in [2.05, 4.69) is 52.2 Å². The van der Waals surface area contributed by atoms with Gasteiger partial charge in [-0.2, -0.15) is 0 Å². The third-order valence-corrected chi connectivity index (χ3v) is 13.5. The van der Waals surface area contributed by atoms with Crippen molar-refractivity contribution in [1.82, 2.24) is 57.1 Å². The van der Waals surface area contributed by atoms with Crippen molar-refractivity contribution < 1.29 is 38.4 Å². The maximum absolute atomic E-state index is 14.5. The number of aromatic nitrogens is 3. The number of hydrogen-bond acceptors (Lipinski definition) is 12. The molecule has 23 heteroatoms. The summed E-state index contributed by atoms with van der Waals surface area (Å²) in [5, 5.41) is 27.4. The number of imidazole rings is 1. The normalized spacial score (nSPS) is 24.1. The predicted octanol–water partition coefficient (Wildman–Crippen LogP) is -0.101. The van der Waals surface area contributed by atoms with E-state index in [-0.39, 0.29) is 61.9 Å². The van der Waals surface area contributed by atoms with Crippen molar-refractivity contribution in [3.63, 3.8) is 0 Å².